The van der Waals surface area contributed by atoms with E-state index in [1.165, 1.54) is 12.0 Å². The first-order valence-electron chi connectivity index (χ1n) is 14.0. The average Bonchev–Trinajstić information content (AvgIpc) is 3.47. The molecule has 1 N–H and O–H groups in total. The van der Waals surface area contributed by atoms with E-state index in [-0.39, 0.29) is 24.1 Å². The quantitative estimate of drug-likeness (QED) is 0.398. The average molecular weight is 563 g/mol. The highest BCUT2D eigenvalue weighted by molar-refractivity contribution is 6.01. The Morgan fingerprint density at radius 1 is 1.02 bits per heavy atom. The molecule has 216 valence electrons. The third kappa shape index (κ3) is 5.68. The van der Waals surface area contributed by atoms with Gasteiger partial charge in [-0.25, -0.2) is 9.59 Å². The fourth-order valence-electron chi connectivity index (χ4n) is 5.77. The smallest absolute Gasteiger partial charge is 0.407 e. The maximum absolute atomic E-state index is 13.2. The zero-order valence-electron chi connectivity index (χ0n) is 23.5. The SMILES string of the molecule is COC(=O)N[C@H](C(=O)N1CCC[C@H]1C(=O)OCC(=O)c1ccc2c(c1)COc1cc3c(cc1-2)CCCC3=O)C(C)C. The van der Waals surface area contributed by atoms with Gasteiger partial charge in [-0.3, -0.25) is 14.4 Å². The number of alkyl carbamates (subject to hydrolysis) is 1. The zero-order valence-corrected chi connectivity index (χ0v) is 23.5. The second-order valence-corrected chi connectivity index (χ2v) is 11.0. The summed E-state index contributed by atoms with van der Waals surface area (Å²) in [5, 5.41) is 2.54. The molecule has 0 spiro atoms. The molecular formula is C31H34N2O8. The van der Waals surface area contributed by atoms with E-state index in [9.17, 15) is 24.0 Å². The van der Waals surface area contributed by atoms with Crippen LogP contribution in [-0.2, 0) is 32.1 Å². The summed E-state index contributed by atoms with van der Waals surface area (Å²) in [7, 11) is 1.22. The molecule has 41 heavy (non-hydrogen) atoms. The highest BCUT2D eigenvalue weighted by Gasteiger charge is 2.40. The monoisotopic (exact) mass is 562 g/mol. The molecule has 10 nitrogen and oxygen atoms in total. The molecule has 10 heteroatoms. The van der Waals surface area contributed by atoms with Gasteiger partial charge < -0.3 is 24.4 Å². The van der Waals surface area contributed by atoms with E-state index in [2.05, 4.69) is 10.1 Å². The Labute approximate surface area is 238 Å². The van der Waals surface area contributed by atoms with Crippen molar-refractivity contribution in [2.45, 2.75) is 64.6 Å². The van der Waals surface area contributed by atoms with Crippen molar-refractivity contribution >= 4 is 29.5 Å². The molecule has 2 aromatic carbocycles. The van der Waals surface area contributed by atoms with Crippen molar-refractivity contribution in [1.82, 2.24) is 10.2 Å². The van der Waals surface area contributed by atoms with Crippen LogP contribution >= 0.6 is 0 Å². The molecule has 1 aliphatic carbocycles. The lowest BCUT2D eigenvalue weighted by Gasteiger charge is -2.29. The number of aryl methyl sites for hydroxylation is 1. The Bertz CT molecular complexity index is 1420. The predicted molar refractivity (Wildman–Crippen MR) is 148 cm³/mol. The third-order valence-electron chi connectivity index (χ3n) is 8.00. The number of likely N-dealkylation sites (tertiary alicyclic amines) is 1. The Balaban J connectivity index is 1.24. The van der Waals surface area contributed by atoms with Gasteiger partial charge in [0, 0.05) is 29.7 Å². The number of benzene rings is 2. The van der Waals surface area contributed by atoms with Crippen LogP contribution in [0.15, 0.2) is 30.3 Å². The van der Waals surface area contributed by atoms with Crippen LogP contribution in [-0.4, -0.2) is 66.8 Å². The van der Waals surface area contributed by atoms with Crippen LogP contribution in [0.5, 0.6) is 5.75 Å². The van der Waals surface area contributed by atoms with Gasteiger partial charge in [-0.2, -0.15) is 0 Å². The number of nitrogens with zero attached hydrogens (tertiary/aromatic N) is 1. The fraction of sp³-hybridized carbons (Fsp3) is 0.452. The van der Waals surface area contributed by atoms with Crippen LogP contribution in [0.2, 0.25) is 0 Å². The largest absolute Gasteiger partial charge is 0.488 e. The Morgan fingerprint density at radius 3 is 2.59 bits per heavy atom. The first-order chi connectivity index (χ1) is 19.7. The van der Waals surface area contributed by atoms with Gasteiger partial charge in [0.05, 0.1) is 7.11 Å². The van der Waals surface area contributed by atoms with Crippen LogP contribution in [0.3, 0.4) is 0 Å². The van der Waals surface area contributed by atoms with Crippen LogP contribution in [0.4, 0.5) is 4.79 Å². The summed E-state index contributed by atoms with van der Waals surface area (Å²) in [6.07, 6.45) is 2.52. The van der Waals surface area contributed by atoms with Gasteiger partial charge in [-0.05, 0) is 66.5 Å². The lowest BCUT2D eigenvalue weighted by molar-refractivity contribution is -0.153. The molecule has 2 amide bonds. The number of amides is 2. The van der Waals surface area contributed by atoms with Crippen LogP contribution in [0.1, 0.15) is 71.4 Å². The van der Waals surface area contributed by atoms with Crippen LogP contribution in [0, 0.1) is 5.92 Å². The molecule has 0 radical (unpaired) electrons. The molecule has 2 atom stereocenters. The number of methoxy groups -OCH3 is 1. The number of hydrogen-bond acceptors (Lipinski definition) is 8. The number of carbonyl (C=O) groups excluding carboxylic acids is 5. The van der Waals surface area contributed by atoms with Crippen LogP contribution < -0.4 is 10.1 Å². The molecule has 1 fully saturated rings. The molecule has 2 aliphatic heterocycles. The summed E-state index contributed by atoms with van der Waals surface area (Å²) in [5.74, 6) is -0.839. The maximum atomic E-state index is 13.2. The van der Waals surface area contributed by atoms with E-state index in [0.29, 0.717) is 37.1 Å². The molecule has 0 bridgehead atoms. The Kier molecular flexibility index (Phi) is 8.10. The molecule has 2 aromatic rings. The second-order valence-electron chi connectivity index (χ2n) is 11.0. The van der Waals surface area contributed by atoms with Crippen molar-refractivity contribution in [2.24, 2.45) is 5.92 Å². The number of fused-ring (bicyclic) bond motifs is 4. The maximum Gasteiger partial charge on any atom is 0.407 e. The molecule has 5 rings (SSSR count). The zero-order chi connectivity index (χ0) is 29.3. The number of ether oxygens (including phenoxy) is 3. The number of carbonyl (C=O) groups is 5. The first-order valence-corrected chi connectivity index (χ1v) is 14.0. The minimum atomic E-state index is -0.855. The second kappa shape index (κ2) is 11.7. The molecule has 3 aliphatic rings. The minimum absolute atomic E-state index is 0.140. The Morgan fingerprint density at radius 2 is 1.83 bits per heavy atom. The summed E-state index contributed by atoms with van der Waals surface area (Å²) in [4.78, 5) is 64.6. The minimum Gasteiger partial charge on any atom is -0.488 e. The van der Waals surface area contributed by atoms with Crippen molar-refractivity contribution in [3.05, 3.63) is 52.6 Å². The van der Waals surface area contributed by atoms with Crippen molar-refractivity contribution in [3.8, 4) is 16.9 Å². The van der Waals surface area contributed by atoms with Gasteiger partial charge in [0.15, 0.2) is 18.2 Å². The summed E-state index contributed by atoms with van der Waals surface area (Å²) in [6, 6.07) is 7.47. The van der Waals surface area contributed by atoms with Gasteiger partial charge in [0.2, 0.25) is 5.91 Å². The van der Waals surface area contributed by atoms with E-state index in [0.717, 1.165) is 40.7 Å². The van der Waals surface area contributed by atoms with Gasteiger partial charge in [0.1, 0.15) is 24.4 Å². The lowest BCUT2D eigenvalue weighted by atomic mass is 9.86. The number of ketones is 2. The topological polar surface area (TPSA) is 128 Å². The number of nitrogens with one attached hydrogen (secondary N) is 1. The van der Waals surface area contributed by atoms with Gasteiger partial charge >= 0.3 is 12.1 Å². The standard InChI is InChI=1S/C31H34N2O8/c1-17(2)28(32-31(38)39-3)29(36)33-11-5-7-24(33)30(37)41-16-26(35)19-9-10-21-20(12-19)15-40-27-14-22-18(13-23(21)27)6-4-8-25(22)34/h9-10,12-14,17,24,28H,4-8,11,15-16H2,1-3H3,(H,32,38)/t24-,28-/m0/s1. The van der Waals surface area contributed by atoms with E-state index in [1.54, 1.807) is 26.0 Å². The first kappa shape index (κ1) is 28.3. The molecule has 0 aromatic heterocycles. The number of esters is 1. The van der Waals surface area contributed by atoms with E-state index in [4.69, 9.17) is 9.47 Å². The predicted octanol–water partition coefficient (Wildman–Crippen LogP) is 3.86. The number of Topliss-reactive ketones (excluding diaryl/α,β-unsaturated/α-hetero) is 2. The van der Waals surface area contributed by atoms with Crippen molar-refractivity contribution in [2.75, 3.05) is 20.3 Å². The van der Waals surface area contributed by atoms with E-state index < -0.39 is 36.7 Å². The van der Waals surface area contributed by atoms with Crippen molar-refractivity contribution in [3.63, 3.8) is 0 Å². The summed E-state index contributed by atoms with van der Waals surface area (Å²) >= 11 is 0. The highest BCUT2D eigenvalue weighted by Crippen LogP contribution is 2.41. The molecular weight excluding hydrogens is 528 g/mol. The van der Waals surface area contributed by atoms with Crippen molar-refractivity contribution in [1.29, 1.82) is 0 Å². The normalized spacial score (nSPS) is 18.0. The fourth-order valence-corrected chi connectivity index (χ4v) is 5.77. The highest BCUT2D eigenvalue weighted by atomic mass is 16.5. The lowest BCUT2D eigenvalue weighted by Crippen LogP contribution is -2.54. The third-order valence-corrected chi connectivity index (χ3v) is 8.00. The molecule has 1 saturated heterocycles. The summed E-state index contributed by atoms with van der Waals surface area (Å²) < 4.78 is 16.0. The van der Waals surface area contributed by atoms with Crippen LogP contribution in [0.25, 0.3) is 11.1 Å². The van der Waals surface area contributed by atoms with Gasteiger partial charge in [0.25, 0.3) is 0 Å². The molecule has 0 unspecified atom stereocenters. The summed E-state index contributed by atoms with van der Waals surface area (Å²) in [6.45, 7) is 3.72. The summed E-state index contributed by atoms with van der Waals surface area (Å²) in [5.41, 5.74) is 4.82. The van der Waals surface area contributed by atoms with Crippen molar-refractivity contribution < 1.29 is 38.2 Å². The Hall–Kier alpha value is -4.21. The van der Waals surface area contributed by atoms with E-state index in [1.807, 2.05) is 18.2 Å². The van der Waals surface area contributed by atoms with Gasteiger partial charge in [-0.1, -0.05) is 26.0 Å². The number of rotatable bonds is 7. The van der Waals surface area contributed by atoms with Gasteiger partial charge in [-0.15, -0.1) is 0 Å². The molecule has 2 heterocycles. The number of hydrogen-bond donors (Lipinski definition) is 1. The molecule has 0 saturated carbocycles. The van der Waals surface area contributed by atoms with E-state index >= 15 is 0 Å².